The number of amides is 1. The second kappa shape index (κ2) is 6.49. The van der Waals surface area contributed by atoms with Gasteiger partial charge in [-0.15, -0.1) is 0 Å². The van der Waals surface area contributed by atoms with E-state index >= 15 is 0 Å². The summed E-state index contributed by atoms with van der Waals surface area (Å²) in [6, 6.07) is 14.7. The maximum Gasteiger partial charge on any atom is 0.255 e. The van der Waals surface area contributed by atoms with Crippen LogP contribution < -0.4 is 5.32 Å². The number of hydrogen-bond acceptors (Lipinski definition) is 2. The minimum atomic E-state index is 0.167. The number of rotatable bonds is 4. The molecule has 2 unspecified atom stereocenters. The third kappa shape index (κ3) is 2.73. The van der Waals surface area contributed by atoms with Gasteiger partial charge in [0.25, 0.3) is 5.91 Å². The van der Waals surface area contributed by atoms with Gasteiger partial charge in [-0.2, -0.15) is 0 Å². The molecule has 1 N–H and O–H groups in total. The molecule has 0 radical (unpaired) electrons. The first-order valence-corrected chi connectivity index (χ1v) is 8.23. The second-order valence-corrected chi connectivity index (χ2v) is 6.14. The Hall–Kier alpha value is -1.87. The van der Waals surface area contributed by atoms with Gasteiger partial charge in [-0.1, -0.05) is 43.3 Å². The van der Waals surface area contributed by atoms with Crippen LogP contribution in [0.3, 0.4) is 0 Å². The van der Waals surface area contributed by atoms with E-state index in [0.29, 0.717) is 6.04 Å². The van der Waals surface area contributed by atoms with E-state index in [1.54, 1.807) is 0 Å². The summed E-state index contributed by atoms with van der Waals surface area (Å²) in [6.45, 7) is 6.21. The van der Waals surface area contributed by atoms with Crippen molar-refractivity contribution in [3.8, 4) is 0 Å². The molecule has 1 saturated heterocycles. The van der Waals surface area contributed by atoms with E-state index in [4.69, 9.17) is 0 Å². The van der Waals surface area contributed by atoms with Crippen LogP contribution in [0.2, 0.25) is 0 Å². The molecular weight excluding hydrogens is 272 g/mol. The third-order valence-corrected chi connectivity index (χ3v) is 4.75. The molecule has 0 spiro atoms. The lowest BCUT2D eigenvalue weighted by atomic mass is 10.0. The van der Waals surface area contributed by atoms with E-state index in [9.17, 15) is 4.79 Å². The highest BCUT2D eigenvalue weighted by molar-refractivity contribution is 6.07. The predicted octanol–water partition coefficient (Wildman–Crippen LogP) is 3.44. The lowest BCUT2D eigenvalue weighted by molar-refractivity contribution is 0.0606. The molecule has 0 saturated carbocycles. The van der Waals surface area contributed by atoms with Crippen molar-refractivity contribution < 1.29 is 4.79 Å². The highest BCUT2D eigenvalue weighted by atomic mass is 16.2. The van der Waals surface area contributed by atoms with Crippen LogP contribution in [0, 0.1) is 0 Å². The fourth-order valence-electron chi connectivity index (χ4n) is 3.35. The average Bonchev–Trinajstić information content (AvgIpc) is 3.08. The van der Waals surface area contributed by atoms with E-state index < -0.39 is 0 Å². The van der Waals surface area contributed by atoms with E-state index in [0.717, 1.165) is 42.3 Å². The van der Waals surface area contributed by atoms with E-state index in [1.807, 2.05) is 30.3 Å². The normalized spacial score (nSPS) is 19.3. The number of benzene rings is 2. The first-order chi connectivity index (χ1) is 10.7. The van der Waals surface area contributed by atoms with Crippen LogP contribution in [0.4, 0.5) is 0 Å². The molecule has 2 aromatic carbocycles. The molecule has 0 aromatic heterocycles. The molecule has 1 aliphatic heterocycles. The number of nitrogens with one attached hydrogen (secondary N) is 1. The van der Waals surface area contributed by atoms with Gasteiger partial charge in [0, 0.05) is 24.2 Å². The quantitative estimate of drug-likeness (QED) is 0.937. The minimum Gasteiger partial charge on any atom is -0.332 e. The predicted molar refractivity (Wildman–Crippen MR) is 91.1 cm³/mol. The minimum absolute atomic E-state index is 0.167. The topological polar surface area (TPSA) is 32.3 Å². The summed E-state index contributed by atoms with van der Waals surface area (Å²) >= 11 is 0. The molecule has 3 rings (SSSR count). The molecule has 1 heterocycles. The van der Waals surface area contributed by atoms with Crippen LogP contribution >= 0.6 is 0 Å². The number of nitrogens with zero attached hydrogens (tertiary/aromatic N) is 1. The smallest absolute Gasteiger partial charge is 0.255 e. The summed E-state index contributed by atoms with van der Waals surface area (Å²) in [4.78, 5) is 15.3. The Labute approximate surface area is 132 Å². The summed E-state index contributed by atoms with van der Waals surface area (Å²) in [5, 5.41) is 5.56. The molecule has 0 aliphatic carbocycles. The molecule has 1 fully saturated rings. The summed E-state index contributed by atoms with van der Waals surface area (Å²) in [5.74, 6) is 0.167. The van der Waals surface area contributed by atoms with Crippen molar-refractivity contribution in [2.24, 2.45) is 0 Å². The third-order valence-electron chi connectivity index (χ3n) is 4.75. The highest BCUT2D eigenvalue weighted by Gasteiger charge is 2.30. The van der Waals surface area contributed by atoms with Crippen LogP contribution in [-0.2, 0) is 0 Å². The van der Waals surface area contributed by atoms with Crippen molar-refractivity contribution in [2.75, 3.05) is 13.1 Å². The number of carbonyl (C=O) groups excluding carboxylic acids is 1. The Morgan fingerprint density at radius 3 is 2.77 bits per heavy atom. The Morgan fingerprint density at radius 1 is 1.27 bits per heavy atom. The summed E-state index contributed by atoms with van der Waals surface area (Å²) in [7, 11) is 0. The van der Waals surface area contributed by atoms with Crippen LogP contribution in [0.1, 0.15) is 37.0 Å². The van der Waals surface area contributed by atoms with Gasteiger partial charge in [0.2, 0.25) is 0 Å². The van der Waals surface area contributed by atoms with Gasteiger partial charge in [0.15, 0.2) is 0 Å². The Kier molecular flexibility index (Phi) is 4.44. The molecule has 2 atom stereocenters. The molecule has 1 aliphatic rings. The van der Waals surface area contributed by atoms with E-state index in [2.05, 4.69) is 36.2 Å². The first kappa shape index (κ1) is 15.0. The van der Waals surface area contributed by atoms with Crippen LogP contribution in [0.5, 0.6) is 0 Å². The first-order valence-electron chi connectivity index (χ1n) is 8.23. The standard InChI is InChI=1S/C19H24N2O/c1-3-14(2)21(16-11-12-20-13-16)19(22)18-10-6-8-15-7-4-5-9-17(15)18/h4-10,14,16,20H,3,11-13H2,1-2H3. The molecule has 116 valence electrons. The maximum atomic E-state index is 13.2. The van der Waals surface area contributed by atoms with Crippen molar-refractivity contribution in [1.29, 1.82) is 0 Å². The largest absolute Gasteiger partial charge is 0.332 e. The van der Waals surface area contributed by atoms with Crippen LogP contribution in [0.15, 0.2) is 42.5 Å². The van der Waals surface area contributed by atoms with Crippen LogP contribution in [0.25, 0.3) is 10.8 Å². The van der Waals surface area contributed by atoms with E-state index in [-0.39, 0.29) is 11.9 Å². The van der Waals surface area contributed by atoms with Gasteiger partial charge in [0.05, 0.1) is 0 Å². The average molecular weight is 296 g/mol. The van der Waals surface area contributed by atoms with Gasteiger partial charge in [-0.05, 0) is 43.1 Å². The van der Waals surface area contributed by atoms with Crippen molar-refractivity contribution >= 4 is 16.7 Å². The van der Waals surface area contributed by atoms with Crippen molar-refractivity contribution in [3.63, 3.8) is 0 Å². The maximum absolute atomic E-state index is 13.2. The van der Waals surface area contributed by atoms with Gasteiger partial charge in [0.1, 0.15) is 0 Å². The van der Waals surface area contributed by atoms with Gasteiger partial charge < -0.3 is 10.2 Å². The van der Waals surface area contributed by atoms with E-state index in [1.165, 1.54) is 0 Å². The zero-order valence-electron chi connectivity index (χ0n) is 13.4. The Morgan fingerprint density at radius 2 is 2.05 bits per heavy atom. The number of carbonyl (C=O) groups is 1. The lowest BCUT2D eigenvalue weighted by Gasteiger charge is -2.34. The molecular formula is C19H24N2O. The fourth-order valence-corrected chi connectivity index (χ4v) is 3.35. The van der Waals surface area contributed by atoms with Crippen molar-refractivity contribution in [3.05, 3.63) is 48.0 Å². The Bertz CT molecular complexity index is 656. The zero-order valence-corrected chi connectivity index (χ0v) is 13.4. The summed E-state index contributed by atoms with van der Waals surface area (Å²) < 4.78 is 0. The van der Waals surface area contributed by atoms with Gasteiger partial charge in [-0.3, -0.25) is 4.79 Å². The lowest BCUT2D eigenvalue weighted by Crippen LogP contribution is -2.46. The van der Waals surface area contributed by atoms with Gasteiger partial charge >= 0.3 is 0 Å². The molecule has 3 heteroatoms. The molecule has 1 amide bonds. The monoisotopic (exact) mass is 296 g/mol. The summed E-state index contributed by atoms with van der Waals surface area (Å²) in [5.41, 5.74) is 0.824. The highest BCUT2D eigenvalue weighted by Crippen LogP contribution is 2.24. The SMILES string of the molecule is CCC(C)N(C(=O)c1cccc2ccccc12)C1CCNC1. The number of fused-ring (bicyclic) bond motifs is 1. The molecule has 0 bridgehead atoms. The zero-order chi connectivity index (χ0) is 15.5. The summed E-state index contributed by atoms with van der Waals surface area (Å²) in [6.07, 6.45) is 2.02. The Balaban J connectivity index is 2.01. The van der Waals surface area contributed by atoms with Crippen molar-refractivity contribution in [2.45, 2.75) is 38.8 Å². The molecule has 3 nitrogen and oxygen atoms in total. The molecule has 22 heavy (non-hydrogen) atoms. The van der Waals surface area contributed by atoms with Crippen LogP contribution in [-0.4, -0.2) is 36.0 Å². The second-order valence-electron chi connectivity index (χ2n) is 6.14. The molecule has 2 aromatic rings. The van der Waals surface area contributed by atoms with Crippen molar-refractivity contribution in [1.82, 2.24) is 10.2 Å². The number of hydrogen-bond donors (Lipinski definition) is 1. The fraction of sp³-hybridized carbons (Fsp3) is 0.421. The van der Waals surface area contributed by atoms with Gasteiger partial charge in [-0.25, -0.2) is 0 Å².